The molecular weight excluding hydrogens is 625 g/mol. The van der Waals surface area contributed by atoms with Crippen molar-refractivity contribution >= 4 is 22.5 Å². The molecule has 11 heteroatoms. The zero-order chi connectivity index (χ0) is 33.7. The maximum Gasteiger partial charge on any atom is 0.166 e. The average Bonchev–Trinajstić information content (AvgIpc) is 3.05. The molecule has 1 aromatic heterocycles. The van der Waals surface area contributed by atoms with E-state index in [4.69, 9.17) is 18.9 Å². The minimum absolute atomic E-state index is 0.0384. The smallest absolute Gasteiger partial charge is 0.166 e. The van der Waals surface area contributed by atoms with Gasteiger partial charge in [0.15, 0.2) is 34.6 Å². The Morgan fingerprint density at radius 1 is 0.896 bits per heavy atom. The third-order valence-corrected chi connectivity index (χ3v) is 9.10. The van der Waals surface area contributed by atoms with Crippen LogP contribution in [-0.2, 0) is 27.2 Å². The number of fused-ring (bicyclic) bond motifs is 1. The van der Waals surface area contributed by atoms with Crippen LogP contribution in [0, 0.1) is 17.0 Å². The third kappa shape index (κ3) is 7.47. The number of morpholine rings is 1. The van der Waals surface area contributed by atoms with E-state index in [0.717, 1.165) is 6.42 Å². The maximum atomic E-state index is 15.4. The number of alkyl halides is 1. The van der Waals surface area contributed by atoms with Crippen LogP contribution < -0.4 is 14.2 Å². The summed E-state index contributed by atoms with van der Waals surface area (Å²) in [6.45, 7) is 2.59. The normalized spacial score (nSPS) is 16.6. The fourth-order valence-corrected chi connectivity index (χ4v) is 6.20. The molecule has 0 spiro atoms. The highest BCUT2D eigenvalue weighted by Gasteiger charge is 2.49. The van der Waals surface area contributed by atoms with Gasteiger partial charge in [0.1, 0.15) is 24.3 Å². The number of hydrogen-bond acceptors (Lipinski definition) is 8. The van der Waals surface area contributed by atoms with Crippen LogP contribution in [0.1, 0.15) is 30.4 Å². The van der Waals surface area contributed by atoms with Crippen molar-refractivity contribution < 1.29 is 41.7 Å². The molecule has 4 aromatic rings. The Kier molecular flexibility index (Phi) is 10.3. The van der Waals surface area contributed by atoms with Gasteiger partial charge < -0.3 is 18.9 Å². The summed E-state index contributed by atoms with van der Waals surface area (Å²) in [7, 11) is 1.47. The minimum Gasteiger partial charge on any atom is -0.493 e. The van der Waals surface area contributed by atoms with Gasteiger partial charge in [0, 0.05) is 50.1 Å². The molecule has 2 fully saturated rings. The van der Waals surface area contributed by atoms with Crippen molar-refractivity contribution in [3.05, 3.63) is 89.6 Å². The van der Waals surface area contributed by atoms with Gasteiger partial charge >= 0.3 is 0 Å². The molecule has 1 atom stereocenters. The van der Waals surface area contributed by atoms with Gasteiger partial charge in [-0.3, -0.25) is 19.5 Å². The lowest BCUT2D eigenvalue weighted by Crippen LogP contribution is -2.46. The molecule has 6 rings (SSSR count). The van der Waals surface area contributed by atoms with Crippen molar-refractivity contribution in [3.63, 3.8) is 0 Å². The SMILES string of the molecule is COc1cc2c(Oc3ccc(CC(=O)C4(C(=O)Cc5ccc(F)cc5)CCC4)cc3F)ccnc2cc1OCC(F)CN1CCOCC1. The molecule has 1 saturated heterocycles. The van der Waals surface area contributed by atoms with Gasteiger partial charge in [-0.2, -0.15) is 0 Å². The molecule has 1 aliphatic heterocycles. The lowest BCUT2D eigenvalue weighted by Gasteiger charge is -2.39. The highest BCUT2D eigenvalue weighted by molar-refractivity contribution is 6.09. The number of carbonyl (C=O) groups excluding carboxylic acids is 2. The van der Waals surface area contributed by atoms with Crippen LogP contribution in [0.3, 0.4) is 0 Å². The number of ketones is 2. The second-order valence-electron chi connectivity index (χ2n) is 12.3. The minimum atomic E-state index is -1.21. The number of rotatable bonds is 14. The number of methoxy groups -OCH3 is 1. The predicted octanol–water partition coefficient (Wildman–Crippen LogP) is 6.46. The third-order valence-electron chi connectivity index (χ3n) is 9.10. The van der Waals surface area contributed by atoms with Crippen LogP contribution in [0.2, 0.25) is 0 Å². The number of benzene rings is 3. The van der Waals surface area contributed by atoms with E-state index in [2.05, 4.69) is 4.98 Å². The number of aromatic nitrogens is 1. The summed E-state index contributed by atoms with van der Waals surface area (Å²) in [5.74, 6) is -0.612. The number of halogens is 3. The largest absolute Gasteiger partial charge is 0.493 e. The summed E-state index contributed by atoms with van der Waals surface area (Å²) in [6, 6.07) is 14.8. The summed E-state index contributed by atoms with van der Waals surface area (Å²) in [4.78, 5) is 33.0. The highest BCUT2D eigenvalue weighted by Crippen LogP contribution is 2.44. The Bertz CT molecular complexity index is 1770. The number of nitrogens with zero attached hydrogens (tertiary/aromatic N) is 2. The lowest BCUT2D eigenvalue weighted by molar-refractivity contribution is -0.145. The molecule has 8 nitrogen and oxygen atoms in total. The van der Waals surface area contributed by atoms with Crippen LogP contribution in [0.4, 0.5) is 13.2 Å². The van der Waals surface area contributed by atoms with Gasteiger partial charge in [0.25, 0.3) is 0 Å². The van der Waals surface area contributed by atoms with E-state index in [1.807, 2.05) is 4.90 Å². The van der Waals surface area contributed by atoms with Crippen LogP contribution in [0.5, 0.6) is 23.0 Å². The molecule has 0 amide bonds. The summed E-state index contributed by atoms with van der Waals surface area (Å²) in [6.07, 6.45) is 1.89. The van der Waals surface area contributed by atoms with E-state index in [-0.39, 0.29) is 43.3 Å². The average molecular weight is 663 g/mol. The number of pyridine rings is 1. The van der Waals surface area contributed by atoms with Crippen molar-refractivity contribution in [1.29, 1.82) is 0 Å². The van der Waals surface area contributed by atoms with Gasteiger partial charge in [-0.25, -0.2) is 13.2 Å². The van der Waals surface area contributed by atoms with E-state index in [9.17, 15) is 18.4 Å². The van der Waals surface area contributed by atoms with E-state index in [0.29, 0.717) is 78.4 Å². The Hall–Kier alpha value is -4.48. The van der Waals surface area contributed by atoms with Crippen molar-refractivity contribution in [2.24, 2.45) is 5.41 Å². The van der Waals surface area contributed by atoms with Gasteiger partial charge in [-0.15, -0.1) is 0 Å². The molecule has 2 aliphatic rings. The quantitative estimate of drug-likeness (QED) is 0.142. The Labute approximate surface area is 276 Å². The summed E-state index contributed by atoms with van der Waals surface area (Å²) >= 11 is 0. The predicted molar refractivity (Wildman–Crippen MR) is 173 cm³/mol. The molecular formula is C37H37F3N2O6. The van der Waals surface area contributed by atoms with Crippen LogP contribution in [0.15, 0.2) is 66.9 Å². The second kappa shape index (κ2) is 14.7. The zero-order valence-electron chi connectivity index (χ0n) is 26.7. The second-order valence-corrected chi connectivity index (χ2v) is 12.3. The molecule has 1 saturated carbocycles. The van der Waals surface area contributed by atoms with E-state index >= 15 is 4.39 Å². The molecule has 0 N–H and O–H groups in total. The number of hydrogen-bond donors (Lipinski definition) is 0. The molecule has 0 radical (unpaired) electrons. The van der Waals surface area contributed by atoms with Gasteiger partial charge in [0.2, 0.25) is 0 Å². The van der Waals surface area contributed by atoms with Crippen molar-refractivity contribution in [2.75, 3.05) is 46.6 Å². The summed E-state index contributed by atoms with van der Waals surface area (Å²) in [5.41, 5.74) is 0.441. The Balaban J connectivity index is 1.12. The monoisotopic (exact) mass is 662 g/mol. The topological polar surface area (TPSA) is 87.2 Å². The summed E-state index contributed by atoms with van der Waals surface area (Å²) in [5, 5.41) is 0.525. The maximum absolute atomic E-state index is 15.4. The standard InChI is InChI=1S/C37H37F3N2O6/c1-45-33-20-28-30(21-34(33)47-23-27(39)22-42-13-15-46-16-14-42)41-12-9-31(28)48-32-8-5-25(17-29(32)40)19-36(44)37(10-2-11-37)35(43)18-24-3-6-26(38)7-4-24/h3-9,12,17,20-21,27H,2,10-11,13-16,18-19,22-23H2,1H3. The van der Waals surface area contributed by atoms with Gasteiger partial charge in [0.05, 0.1) is 31.3 Å². The number of Topliss-reactive ketones (excluding diaryl/α,β-unsaturated/α-hetero) is 2. The van der Waals surface area contributed by atoms with E-state index < -0.39 is 23.2 Å². The number of ether oxygens (including phenoxy) is 4. The fourth-order valence-electron chi connectivity index (χ4n) is 6.20. The number of carbonyl (C=O) groups is 2. The zero-order valence-corrected chi connectivity index (χ0v) is 26.7. The van der Waals surface area contributed by atoms with Crippen molar-refractivity contribution in [3.8, 4) is 23.0 Å². The Morgan fingerprint density at radius 2 is 1.60 bits per heavy atom. The molecule has 252 valence electrons. The molecule has 2 heterocycles. The Morgan fingerprint density at radius 3 is 2.27 bits per heavy atom. The molecule has 48 heavy (non-hydrogen) atoms. The molecule has 3 aromatic carbocycles. The van der Waals surface area contributed by atoms with Gasteiger partial charge in [-0.1, -0.05) is 24.6 Å². The first-order chi connectivity index (χ1) is 23.2. The molecule has 0 bridgehead atoms. The van der Waals surface area contributed by atoms with Crippen molar-refractivity contribution in [2.45, 2.75) is 38.3 Å². The highest BCUT2D eigenvalue weighted by atomic mass is 19.1. The van der Waals surface area contributed by atoms with Crippen LogP contribution in [-0.4, -0.2) is 74.2 Å². The van der Waals surface area contributed by atoms with Crippen LogP contribution in [0.25, 0.3) is 10.9 Å². The van der Waals surface area contributed by atoms with Crippen molar-refractivity contribution in [1.82, 2.24) is 9.88 Å². The first-order valence-corrected chi connectivity index (χ1v) is 16.0. The first kappa shape index (κ1) is 33.4. The van der Waals surface area contributed by atoms with E-state index in [1.54, 1.807) is 36.4 Å². The van der Waals surface area contributed by atoms with Crippen LogP contribution >= 0.6 is 0 Å². The van der Waals surface area contributed by atoms with Gasteiger partial charge in [-0.05, 0) is 60.4 Å². The molecule has 1 unspecified atom stereocenters. The molecule has 1 aliphatic carbocycles. The summed E-state index contributed by atoms with van der Waals surface area (Å²) < 4.78 is 66.0. The lowest BCUT2D eigenvalue weighted by atomic mass is 9.61. The first-order valence-electron chi connectivity index (χ1n) is 16.0. The fraction of sp³-hybridized carbons (Fsp3) is 0.378. The van der Waals surface area contributed by atoms with E-state index in [1.165, 1.54) is 37.6 Å².